The molecule has 0 saturated carbocycles. The van der Waals surface area contributed by atoms with Crippen LogP contribution in [-0.4, -0.2) is 15.5 Å². The predicted octanol–water partition coefficient (Wildman–Crippen LogP) is 3.47. The number of thiophene rings is 1. The van der Waals surface area contributed by atoms with Gasteiger partial charge in [-0.3, -0.25) is 14.2 Å². The Balaban J connectivity index is 1.76. The number of halogens is 1. The summed E-state index contributed by atoms with van der Waals surface area (Å²) in [5.41, 5.74) is 1.40. The minimum absolute atomic E-state index is 0.0690. The number of hydrogen-bond donors (Lipinski definition) is 0. The third-order valence-electron chi connectivity index (χ3n) is 3.80. The molecule has 3 rings (SSSR count). The number of ether oxygens (including phenoxy) is 1. The van der Waals surface area contributed by atoms with Gasteiger partial charge < -0.3 is 4.74 Å². The van der Waals surface area contributed by atoms with Gasteiger partial charge in [-0.15, -0.1) is 11.3 Å². The van der Waals surface area contributed by atoms with Crippen LogP contribution in [0.3, 0.4) is 0 Å². The zero-order valence-electron chi connectivity index (χ0n) is 13.2. The fourth-order valence-electron chi connectivity index (χ4n) is 2.34. The lowest BCUT2D eigenvalue weighted by Crippen LogP contribution is -2.25. The molecule has 0 aliphatic heterocycles. The first-order valence-corrected chi connectivity index (χ1v) is 8.51. The third-order valence-corrected chi connectivity index (χ3v) is 5.29. The molecule has 0 bridgehead atoms. The molecule has 0 aliphatic rings. The second kappa shape index (κ2) is 6.75. The van der Waals surface area contributed by atoms with Crippen LogP contribution in [0.5, 0.6) is 0 Å². The predicted molar refractivity (Wildman–Crippen MR) is 94.6 cm³/mol. The van der Waals surface area contributed by atoms with Crippen LogP contribution in [0.25, 0.3) is 10.2 Å². The highest BCUT2D eigenvalue weighted by Crippen LogP contribution is 2.25. The molecule has 7 heteroatoms. The van der Waals surface area contributed by atoms with Crippen molar-refractivity contribution >= 4 is 39.1 Å². The van der Waals surface area contributed by atoms with Gasteiger partial charge in [0.05, 0.1) is 11.7 Å². The maximum Gasteiger partial charge on any atom is 0.326 e. The first kappa shape index (κ1) is 16.7. The molecule has 3 aromatic rings. The van der Waals surface area contributed by atoms with Crippen LogP contribution in [0, 0.1) is 13.8 Å². The van der Waals surface area contributed by atoms with Gasteiger partial charge in [0, 0.05) is 15.5 Å². The summed E-state index contributed by atoms with van der Waals surface area (Å²) in [6, 6.07) is 7.14. The van der Waals surface area contributed by atoms with E-state index in [9.17, 15) is 9.59 Å². The maximum atomic E-state index is 12.5. The summed E-state index contributed by atoms with van der Waals surface area (Å²) in [5.74, 6) is -0.511. The van der Waals surface area contributed by atoms with Crippen molar-refractivity contribution in [2.24, 2.45) is 0 Å². The number of fused-ring (bicyclic) bond motifs is 1. The number of rotatable bonds is 4. The maximum absolute atomic E-state index is 12.5. The van der Waals surface area contributed by atoms with Crippen LogP contribution in [0.2, 0.25) is 5.02 Å². The summed E-state index contributed by atoms with van der Waals surface area (Å²) >= 11 is 7.50. The molecule has 0 saturated heterocycles. The quantitative estimate of drug-likeness (QED) is 0.667. The Bertz CT molecular complexity index is 978. The van der Waals surface area contributed by atoms with E-state index in [2.05, 4.69) is 4.98 Å². The van der Waals surface area contributed by atoms with Gasteiger partial charge in [0.15, 0.2) is 0 Å². The summed E-state index contributed by atoms with van der Waals surface area (Å²) in [5, 5.41) is 1.11. The second-order valence-electron chi connectivity index (χ2n) is 5.39. The Kier molecular flexibility index (Phi) is 4.69. The van der Waals surface area contributed by atoms with Crippen LogP contribution >= 0.6 is 22.9 Å². The van der Waals surface area contributed by atoms with Gasteiger partial charge in [-0.1, -0.05) is 29.8 Å². The third kappa shape index (κ3) is 3.20. The number of benzene rings is 1. The minimum atomic E-state index is -0.511. The molecule has 124 valence electrons. The van der Waals surface area contributed by atoms with Crippen molar-refractivity contribution in [2.45, 2.75) is 27.0 Å². The lowest BCUT2D eigenvalue weighted by atomic mass is 10.2. The smallest absolute Gasteiger partial charge is 0.326 e. The van der Waals surface area contributed by atoms with Gasteiger partial charge in [-0.25, -0.2) is 4.98 Å². The molecule has 0 N–H and O–H groups in total. The van der Waals surface area contributed by atoms with Gasteiger partial charge in [-0.05, 0) is 25.5 Å². The number of carbonyl (C=O) groups excluding carboxylic acids is 1. The van der Waals surface area contributed by atoms with E-state index < -0.39 is 5.97 Å². The average Bonchev–Trinajstić information content (AvgIpc) is 2.85. The van der Waals surface area contributed by atoms with E-state index in [1.54, 1.807) is 18.2 Å². The molecule has 0 aliphatic carbocycles. The topological polar surface area (TPSA) is 61.2 Å². The average molecular weight is 363 g/mol. The number of hydrogen-bond acceptors (Lipinski definition) is 5. The van der Waals surface area contributed by atoms with Crippen molar-refractivity contribution in [1.82, 2.24) is 9.55 Å². The largest absolute Gasteiger partial charge is 0.459 e. The Morgan fingerprint density at radius 1 is 1.33 bits per heavy atom. The number of esters is 1. The monoisotopic (exact) mass is 362 g/mol. The SMILES string of the molecule is Cc1sc2ncn(CC(=O)OCc3ccccc3Cl)c(=O)c2c1C. The fraction of sp³-hybridized carbons (Fsp3) is 0.235. The van der Waals surface area contributed by atoms with Crippen molar-refractivity contribution in [3.8, 4) is 0 Å². The minimum Gasteiger partial charge on any atom is -0.459 e. The number of aryl methyl sites for hydroxylation is 2. The van der Waals surface area contributed by atoms with Gasteiger partial charge in [0.25, 0.3) is 5.56 Å². The molecule has 0 atom stereocenters. The van der Waals surface area contributed by atoms with E-state index in [0.29, 0.717) is 15.2 Å². The van der Waals surface area contributed by atoms with E-state index in [-0.39, 0.29) is 18.7 Å². The number of carbonyl (C=O) groups is 1. The van der Waals surface area contributed by atoms with Gasteiger partial charge >= 0.3 is 5.97 Å². The standard InChI is InChI=1S/C17H15ClN2O3S/c1-10-11(2)24-16-15(10)17(22)20(9-19-16)7-14(21)23-8-12-5-3-4-6-13(12)18/h3-6,9H,7-8H2,1-2H3. The van der Waals surface area contributed by atoms with Crippen molar-refractivity contribution in [3.63, 3.8) is 0 Å². The zero-order chi connectivity index (χ0) is 17.3. The Morgan fingerprint density at radius 2 is 2.08 bits per heavy atom. The lowest BCUT2D eigenvalue weighted by molar-refractivity contribution is -0.145. The highest BCUT2D eigenvalue weighted by atomic mass is 35.5. The van der Waals surface area contributed by atoms with E-state index in [0.717, 1.165) is 16.0 Å². The van der Waals surface area contributed by atoms with Crippen LogP contribution in [0.15, 0.2) is 35.4 Å². The van der Waals surface area contributed by atoms with Crippen molar-refractivity contribution in [2.75, 3.05) is 0 Å². The molecule has 0 spiro atoms. The Labute approximate surface area is 147 Å². The van der Waals surface area contributed by atoms with E-state index >= 15 is 0 Å². The molecule has 1 aromatic carbocycles. The molecule has 2 heterocycles. The van der Waals surface area contributed by atoms with Crippen molar-refractivity contribution in [3.05, 3.63) is 62.0 Å². The molecule has 0 amide bonds. The molecular formula is C17H15ClN2O3S. The second-order valence-corrected chi connectivity index (χ2v) is 7.00. The van der Waals surface area contributed by atoms with Gasteiger partial charge in [0.2, 0.25) is 0 Å². The summed E-state index contributed by atoms with van der Waals surface area (Å²) in [6.07, 6.45) is 1.39. The number of aromatic nitrogens is 2. The fourth-order valence-corrected chi connectivity index (χ4v) is 3.52. The normalized spacial score (nSPS) is 11.0. The first-order valence-electron chi connectivity index (χ1n) is 7.31. The molecule has 5 nitrogen and oxygen atoms in total. The summed E-state index contributed by atoms with van der Waals surface area (Å²) in [6.45, 7) is 3.72. The summed E-state index contributed by atoms with van der Waals surface area (Å²) in [4.78, 5) is 30.6. The molecule has 0 unspecified atom stereocenters. The van der Waals surface area contributed by atoms with E-state index in [1.165, 1.54) is 22.2 Å². The van der Waals surface area contributed by atoms with E-state index in [4.69, 9.17) is 16.3 Å². The van der Waals surface area contributed by atoms with E-state index in [1.807, 2.05) is 19.9 Å². The molecule has 0 fully saturated rings. The van der Waals surface area contributed by atoms with Crippen molar-refractivity contribution < 1.29 is 9.53 Å². The lowest BCUT2D eigenvalue weighted by Gasteiger charge is -2.08. The Morgan fingerprint density at radius 3 is 2.83 bits per heavy atom. The first-order chi connectivity index (χ1) is 11.5. The Hall–Kier alpha value is -2.18. The molecule has 2 aromatic heterocycles. The molecular weight excluding hydrogens is 348 g/mol. The van der Waals surface area contributed by atoms with Gasteiger partial charge in [-0.2, -0.15) is 0 Å². The highest BCUT2D eigenvalue weighted by molar-refractivity contribution is 7.18. The zero-order valence-corrected chi connectivity index (χ0v) is 14.8. The highest BCUT2D eigenvalue weighted by Gasteiger charge is 2.14. The van der Waals surface area contributed by atoms with Crippen LogP contribution in [0.4, 0.5) is 0 Å². The van der Waals surface area contributed by atoms with Crippen LogP contribution in [-0.2, 0) is 22.7 Å². The van der Waals surface area contributed by atoms with Crippen molar-refractivity contribution in [1.29, 1.82) is 0 Å². The summed E-state index contributed by atoms with van der Waals surface area (Å²) in [7, 11) is 0. The van der Waals surface area contributed by atoms with Gasteiger partial charge in [0.1, 0.15) is 18.0 Å². The number of nitrogens with zero attached hydrogens (tertiary/aromatic N) is 2. The molecule has 24 heavy (non-hydrogen) atoms. The molecule has 0 radical (unpaired) electrons. The van der Waals surface area contributed by atoms with Crippen LogP contribution in [0.1, 0.15) is 16.0 Å². The summed E-state index contributed by atoms with van der Waals surface area (Å²) < 4.78 is 6.48. The van der Waals surface area contributed by atoms with Crippen LogP contribution < -0.4 is 5.56 Å².